The molecule has 0 aliphatic heterocycles. The van der Waals surface area contributed by atoms with Gasteiger partial charge < -0.3 is 5.11 Å². The van der Waals surface area contributed by atoms with Gasteiger partial charge in [-0.05, 0) is 12.5 Å². The topological polar surface area (TPSA) is 127 Å². The molecule has 1 rings (SSSR count). The Morgan fingerprint density at radius 3 is 2.42 bits per heavy atom. The summed E-state index contributed by atoms with van der Waals surface area (Å²) in [6.07, 6.45) is -6.43. The molecular formula is C12H13F3N2O6S. The van der Waals surface area contributed by atoms with Gasteiger partial charge in [-0.15, -0.1) is 0 Å². The number of alkyl halides is 3. The van der Waals surface area contributed by atoms with E-state index >= 15 is 0 Å². The van der Waals surface area contributed by atoms with Crippen LogP contribution < -0.4 is 4.72 Å². The van der Waals surface area contributed by atoms with Crippen LogP contribution in [-0.4, -0.2) is 37.1 Å². The van der Waals surface area contributed by atoms with E-state index in [9.17, 15) is 36.5 Å². The smallest absolute Gasteiger partial charge is 0.393 e. The zero-order valence-electron chi connectivity index (χ0n) is 12.0. The van der Waals surface area contributed by atoms with Crippen molar-refractivity contribution in [3.05, 3.63) is 34.4 Å². The van der Waals surface area contributed by atoms with Crippen molar-refractivity contribution in [3.8, 4) is 0 Å². The first-order chi connectivity index (χ1) is 10.9. The average molecular weight is 370 g/mol. The average Bonchev–Trinajstić information content (AvgIpc) is 2.45. The van der Waals surface area contributed by atoms with Crippen molar-refractivity contribution in [1.82, 2.24) is 4.72 Å². The van der Waals surface area contributed by atoms with E-state index in [2.05, 4.69) is 0 Å². The van der Waals surface area contributed by atoms with Gasteiger partial charge in [0.05, 0.1) is 10.8 Å². The Balaban J connectivity index is 2.97. The van der Waals surface area contributed by atoms with E-state index in [1.807, 2.05) is 0 Å². The molecule has 0 aliphatic rings. The molecule has 0 aromatic heterocycles. The van der Waals surface area contributed by atoms with Crippen LogP contribution in [0.5, 0.6) is 0 Å². The van der Waals surface area contributed by atoms with Crippen LogP contribution in [0, 0.1) is 16.0 Å². The van der Waals surface area contributed by atoms with Crippen LogP contribution >= 0.6 is 0 Å². The zero-order chi connectivity index (χ0) is 18.5. The van der Waals surface area contributed by atoms with Crippen LogP contribution in [0.4, 0.5) is 18.9 Å². The molecule has 0 saturated heterocycles. The largest absolute Gasteiger partial charge is 0.481 e. The number of hydrogen-bond acceptors (Lipinski definition) is 5. The van der Waals surface area contributed by atoms with E-state index < -0.39 is 63.0 Å². The molecule has 0 unspecified atom stereocenters. The van der Waals surface area contributed by atoms with E-state index in [1.165, 1.54) is 12.1 Å². The molecule has 8 nitrogen and oxygen atoms in total. The van der Waals surface area contributed by atoms with Gasteiger partial charge in [0.25, 0.3) is 5.69 Å². The molecule has 1 aromatic rings. The SMILES string of the molecule is O=C(O)CC[C@@H](CNS(=O)(=O)c1ccccc1[N+](=O)[O-])C(F)(F)F. The number of nitrogens with zero attached hydrogens (tertiary/aromatic N) is 1. The molecule has 134 valence electrons. The van der Waals surface area contributed by atoms with Gasteiger partial charge in [0, 0.05) is 19.0 Å². The lowest BCUT2D eigenvalue weighted by Crippen LogP contribution is -2.37. The number of nitro groups is 1. The summed E-state index contributed by atoms with van der Waals surface area (Å²) >= 11 is 0. The second-order valence-corrected chi connectivity index (χ2v) is 6.48. The molecule has 0 bridgehead atoms. The third-order valence-electron chi connectivity index (χ3n) is 3.04. The summed E-state index contributed by atoms with van der Waals surface area (Å²) in [6.45, 7) is -1.12. The van der Waals surface area contributed by atoms with Crippen molar-refractivity contribution in [3.63, 3.8) is 0 Å². The minimum atomic E-state index is -4.82. The standard InChI is InChI=1S/C12H13F3N2O6S/c13-12(14,15)8(5-6-11(18)19)7-16-24(22,23)10-4-2-1-3-9(10)17(20)21/h1-4,8,16H,5-7H2,(H,18,19)/t8-/m0/s1. The molecular weight excluding hydrogens is 357 g/mol. The predicted molar refractivity (Wildman–Crippen MR) is 74.7 cm³/mol. The van der Waals surface area contributed by atoms with Crippen molar-refractivity contribution in [2.75, 3.05) is 6.54 Å². The number of nitrogens with one attached hydrogen (secondary N) is 1. The van der Waals surface area contributed by atoms with E-state index in [0.717, 1.165) is 12.1 Å². The van der Waals surface area contributed by atoms with Crippen molar-refractivity contribution < 1.29 is 36.4 Å². The van der Waals surface area contributed by atoms with Crippen molar-refractivity contribution in [2.45, 2.75) is 23.9 Å². The van der Waals surface area contributed by atoms with Gasteiger partial charge in [0.2, 0.25) is 10.0 Å². The predicted octanol–water partition coefficient (Wildman–Crippen LogP) is 1.92. The lowest BCUT2D eigenvalue weighted by atomic mass is 10.0. The molecule has 1 atom stereocenters. The van der Waals surface area contributed by atoms with E-state index in [-0.39, 0.29) is 0 Å². The normalized spacial score (nSPS) is 13.5. The molecule has 2 N–H and O–H groups in total. The monoisotopic (exact) mass is 370 g/mol. The molecule has 0 heterocycles. The van der Waals surface area contributed by atoms with Crippen LogP contribution in [0.25, 0.3) is 0 Å². The van der Waals surface area contributed by atoms with E-state index in [4.69, 9.17) is 5.11 Å². The van der Waals surface area contributed by atoms with E-state index in [0.29, 0.717) is 0 Å². The molecule has 0 saturated carbocycles. The van der Waals surface area contributed by atoms with Gasteiger partial charge in [-0.1, -0.05) is 12.1 Å². The Hall–Kier alpha value is -2.21. The number of para-hydroxylation sites is 1. The first-order valence-electron chi connectivity index (χ1n) is 6.46. The molecule has 12 heteroatoms. The molecule has 24 heavy (non-hydrogen) atoms. The molecule has 0 spiro atoms. The highest BCUT2D eigenvalue weighted by Gasteiger charge is 2.40. The Bertz CT molecular complexity index is 720. The summed E-state index contributed by atoms with van der Waals surface area (Å²) in [6, 6.07) is 4.19. The molecule has 0 amide bonds. The van der Waals surface area contributed by atoms with E-state index in [1.54, 1.807) is 4.72 Å². The summed E-state index contributed by atoms with van der Waals surface area (Å²) < 4.78 is 64.2. The zero-order valence-corrected chi connectivity index (χ0v) is 12.8. The number of nitro benzene ring substituents is 1. The van der Waals surface area contributed by atoms with Gasteiger partial charge in [0.15, 0.2) is 4.90 Å². The Morgan fingerprint density at radius 1 is 1.33 bits per heavy atom. The minimum Gasteiger partial charge on any atom is -0.481 e. The lowest BCUT2D eigenvalue weighted by Gasteiger charge is -2.20. The molecule has 0 radical (unpaired) electrons. The quantitative estimate of drug-likeness (QED) is 0.532. The van der Waals surface area contributed by atoms with Gasteiger partial charge in [0.1, 0.15) is 0 Å². The maximum atomic E-state index is 12.8. The molecule has 1 aromatic carbocycles. The number of halogens is 3. The first kappa shape index (κ1) is 19.8. The van der Waals surface area contributed by atoms with Crippen LogP contribution in [0.3, 0.4) is 0 Å². The number of carboxylic acid groups (broad SMARTS) is 1. The third-order valence-corrected chi connectivity index (χ3v) is 4.51. The Morgan fingerprint density at radius 2 is 1.92 bits per heavy atom. The van der Waals surface area contributed by atoms with Gasteiger partial charge >= 0.3 is 12.1 Å². The maximum absolute atomic E-state index is 12.8. The van der Waals surface area contributed by atoms with Crippen molar-refractivity contribution in [2.24, 2.45) is 5.92 Å². The fraction of sp³-hybridized carbons (Fsp3) is 0.417. The highest BCUT2D eigenvalue weighted by Crippen LogP contribution is 2.30. The van der Waals surface area contributed by atoms with Gasteiger partial charge in [-0.3, -0.25) is 14.9 Å². The summed E-state index contributed by atoms with van der Waals surface area (Å²) in [7, 11) is -4.57. The van der Waals surface area contributed by atoms with Crippen molar-refractivity contribution >= 4 is 21.7 Å². The number of hydrogen-bond donors (Lipinski definition) is 2. The van der Waals surface area contributed by atoms with Crippen molar-refractivity contribution in [1.29, 1.82) is 0 Å². The summed E-state index contributed by atoms with van der Waals surface area (Å²) in [4.78, 5) is 19.5. The third kappa shape index (κ3) is 5.45. The van der Waals surface area contributed by atoms with Crippen LogP contribution in [-0.2, 0) is 14.8 Å². The number of sulfonamides is 1. The summed E-state index contributed by atoms with van der Waals surface area (Å²) in [5, 5.41) is 19.3. The number of carboxylic acids is 1. The Kier molecular flexibility index (Phi) is 6.26. The Labute approximate surface area is 134 Å². The van der Waals surface area contributed by atoms with Gasteiger partial charge in [-0.2, -0.15) is 13.2 Å². The fourth-order valence-electron chi connectivity index (χ4n) is 1.80. The van der Waals surface area contributed by atoms with Crippen LogP contribution in [0.1, 0.15) is 12.8 Å². The second kappa shape index (κ2) is 7.57. The molecule has 0 fully saturated rings. The lowest BCUT2D eigenvalue weighted by molar-refractivity contribution is -0.387. The summed E-state index contributed by atoms with van der Waals surface area (Å²) in [5.74, 6) is -3.68. The number of benzene rings is 1. The first-order valence-corrected chi connectivity index (χ1v) is 7.95. The number of carbonyl (C=O) groups is 1. The number of aliphatic carboxylic acids is 1. The fourth-order valence-corrected chi connectivity index (χ4v) is 3.05. The molecule has 0 aliphatic carbocycles. The highest BCUT2D eigenvalue weighted by molar-refractivity contribution is 7.89. The highest BCUT2D eigenvalue weighted by atomic mass is 32.2. The van der Waals surface area contributed by atoms with Crippen LogP contribution in [0.15, 0.2) is 29.2 Å². The van der Waals surface area contributed by atoms with Crippen LogP contribution in [0.2, 0.25) is 0 Å². The maximum Gasteiger partial charge on any atom is 0.393 e. The summed E-state index contributed by atoms with van der Waals surface area (Å²) in [5.41, 5.74) is -0.779. The number of rotatable bonds is 8. The minimum absolute atomic E-state index is 0.769. The second-order valence-electron chi connectivity index (χ2n) is 4.75. The van der Waals surface area contributed by atoms with Gasteiger partial charge in [-0.25, -0.2) is 13.1 Å².